The zero-order chi connectivity index (χ0) is 13.7. The quantitative estimate of drug-likeness (QED) is 0.861. The molecule has 0 saturated carbocycles. The Bertz CT molecular complexity index is 504. The standard InChI is InChI=1S/C15H22N4/c1-4-19-15(8-12(2)18-19)10-14(16-3)9-13-6-5-7-17-11-13/h5-8,11,14,16H,4,9-10H2,1-3H3. The lowest BCUT2D eigenvalue weighted by molar-refractivity contribution is 0.519. The second-order valence-corrected chi connectivity index (χ2v) is 4.85. The van der Waals surface area contributed by atoms with Gasteiger partial charge in [-0.3, -0.25) is 9.67 Å². The molecule has 0 bridgehead atoms. The summed E-state index contributed by atoms with van der Waals surface area (Å²) in [6.07, 6.45) is 5.72. The van der Waals surface area contributed by atoms with Crippen molar-refractivity contribution in [2.45, 2.75) is 39.3 Å². The van der Waals surface area contributed by atoms with Gasteiger partial charge in [0, 0.05) is 37.1 Å². The van der Waals surface area contributed by atoms with E-state index in [0.29, 0.717) is 6.04 Å². The van der Waals surface area contributed by atoms with E-state index >= 15 is 0 Å². The van der Waals surface area contributed by atoms with Gasteiger partial charge >= 0.3 is 0 Å². The van der Waals surface area contributed by atoms with Crippen molar-refractivity contribution in [2.75, 3.05) is 7.05 Å². The van der Waals surface area contributed by atoms with E-state index in [1.165, 1.54) is 11.3 Å². The van der Waals surface area contributed by atoms with Crippen molar-refractivity contribution < 1.29 is 0 Å². The lowest BCUT2D eigenvalue weighted by Gasteiger charge is -2.16. The van der Waals surface area contributed by atoms with Crippen LogP contribution in [0.5, 0.6) is 0 Å². The summed E-state index contributed by atoms with van der Waals surface area (Å²) in [6.45, 7) is 5.10. The molecule has 0 aliphatic heterocycles. The highest BCUT2D eigenvalue weighted by atomic mass is 15.3. The van der Waals surface area contributed by atoms with E-state index in [-0.39, 0.29) is 0 Å². The summed E-state index contributed by atoms with van der Waals surface area (Å²) in [5, 5.41) is 7.89. The van der Waals surface area contributed by atoms with Crippen LogP contribution in [0.4, 0.5) is 0 Å². The minimum Gasteiger partial charge on any atom is -0.316 e. The molecule has 0 amide bonds. The molecule has 1 unspecified atom stereocenters. The molecule has 4 heteroatoms. The Labute approximate surface area is 114 Å². The number of aromatic nitrogens is 3. The van der Waals surface area contributed by atoms with Crippen LogP contribution in [-0.4, -0.2) is 27.9 Å². The average molecular weight is 258 g/mol. The molecule has 0 aliphatic rings. The monoisotopic (exact) mass is 258 g/mol. The van der Waals surface area contributed by atoms with Gasteiger partial charge in [-0.05, 0) is 45.0 Å². The SMILES string of the molecule is CCn1nc(C)cc1CC(Cc1cccnc1)NC. The molecular weight excluding hydrogens is 236 g/mol. The Kier molecular flexibility index (Phi) is 4.68. The molecule has 0 aromatic carbocycles. The van der Waals surface area contributed by atoms with Gasteiger partial charge in [-0.2, -0.15) is 5.10 Å². The number of aryl methyl sites for hydroxylation is 2. The van der Waals surface area contributed by atoms with Crippen molar-refractivity contribution in [2.24, 2.45) is 0 Å². The molecule has 0 radical (unpaired) electrons. The molecule has 4 nitrogen and oxygen atoms in total. The first kappa shape index (κ1) is 13.7. The molecule has 19 heavy (non-hydrogen) atoms. The molecule has 102 valence electrons. The van der Waals surface area contributed by atoms with E-state index in [4.69, 9.17) is 0 Å². The first-order valence-corrected chi connectivity index (χ1v) is 6.82. The van der Waals surface area contributed by atoms with Crippen LogP contribution in [0.2, 0.25) is 0 Å². The average Bonchev–Trinajstić information content (AvgIpc) is 2.79. The highest BCUT2D eigenvalue weighted by Crippen LogP contribution is 2.10. The fourth-order valence-corrected chi connectivity index (χ4v) is 2.37. The van der Waals surface area contributed by atoms with Crippen molar-refractivity contribution in [3.63, 3.8) is 0 Å². The second kappa shape index (κ2) is 6.48. The van der Waals surface area contributed by atoms with Crippen molar-refractivity contribution >= 4 is 0 Å². The van der Waals surface area contributed by atoms with Gasteiger partial charge in [0.15, 0.2) is 0 Å². The third-order valence-electron chi connectivity index (χ3n) is 3.35. The normalized spacial score (nSPS) is 12.6. The maximum Gasteiger partial charge on any atom is 0.0596 e. The van der Waals surface area contributed by atoms with E-state index in [0.717, 1.165) is 25.1 Å². The van der Waals surface area contributed by atoms with Gasteiger partial charge in [0.25, 0.3) is 0 Å². The highest BCUT2D eigenvalue weighted by molar-refractivity contribution is 5.14. The highest BCUT2D eigenvalue weighted by Gasteiger charge is 2.12. The Balaban J connectivity index is 2.06. The zero-order valence-electron chi connectivity index (χ0n) is 11.9. The van der Waals surface area contributed by atoms with Gasteiger partial charge in [-0.1, -0.05) is 6.07 Å². The molecule has 2 heterocycles. The number of hydrogen-bond acceptors (Lipinski definition) is 3. The van der Waals surface area contributed by atoms with E-state index in [1.54, 1.807) is 0 Å². The van der Waals surface area contributed by atoms with Crippen LogP contribution in [0.1, 0.15) is 23.9 Å². The number of nitrogens with one attached hydrogen (secondary N) is 1. The minimum absolute atomic E-state index is 0.408. The largest absolute Gasteiger partial charge is 0.316 e. The summed E-state index contributed by atoms with van der Waals surface area (Å²) in [5.74, 6) is 0. The zero-order valence-corrected chi connectivity index (χ0v) is 11.9. The Morgan fingerprint density at radius 3 is 2.84 bits per heavy atom. The van der Waals surface area contributed by atoms with E-state index in [2.05, 4.69) is 39.1 Å². The first-order chi connectivity index (χ1) is 9.22. The van der Waals surface area contributed by atoms with Crippen LogP contribution in [0.15, 0.2) is 30.6 Å². The minimum atomic E-state index is 0.408. The van der Waals surface area contributed by atoms with Crippen LogP contribution in [0, 0.1) is 6.92 Å². The number of likely N-dealkylation sites (N-methyl/N-ethyl adjacent to an activating group) is 1. The summed E-state index contributed by atoms with van der Waals surface area (Å²) in [5.41, 5.74) is 3.65. The van der Waals surface area contributed by atoms with Crippen LogP contribution in [0.25, 0.3) is 0 Å². The molecule has 0 spiro atoms. The summed E-state index contributed by atoms with van der Waals surface area (Å²) < 4.78 is 2.09. The van der Waals surface area contributed by atoms with E-state index < -0.39 is 0 Å². The molecule has 0 fully saturated rings. The van der Waals surface area contributed by atoms with Crippen LogP contribution >= 0.6 is 0 Å². The third kappa shape index (κ3) is 3.64. The van der Waals surface area contributed by atoms with E-state index in [9.17, 15) is 0 Å². The van der Waals surface area contributed by atoms with Gasteiger partial charge in [-0.15, -0.1) is 0 Å². The number of nitrogens with zero attached hydrogens (tertiary/aromatic N) is 3. The van der Waals surface area contributed by atoms with Crippen molar-refractivity contribution in [1.82, 2.24) is 20.1 Å². The van der Waals surface area contributed by atoms with Gasteiger partial charge < -0.3 is 5.32 Å². The van der Waals surface area contributed by atoms with E-state index in [1.807, 2.05) is 32.4 Å². The van der Waals surface area contributed by atoms with Crippen LogP contribution < -0.4 is 5.32 Å². The Morgan fingerprint density at radius 1 is 1.37 bits per heavy atom. The number of hydrogen-bond donors (Lipinski definition) is 1. The maximum atomic E-state index is 4.50. The number of rotatable bonds is 6. The molecule has 2 aromatic rings. The predicted octanol–water partition coefficient (Wildman–Crippen LogP) is 1.98. The fourth-order valence-electron chi connectivity index (χ4n) is 2.37. The molecular formula is C15H22N4. The maximum absolute atomic E-state index is 4.50. The molecule has 1 atom stereocenters. The van der Waals surface area contributed by atoms with Crippen LogP contribution in [-0.2, 0) is 19.4 Å². The van der Waals surface area contributed by atoms with Crippen molar-refractivity contribution in [3.8, 4) is 0 Å². The summed E-state index contributed by atoms with van der Waals surface area (Å²) >= 11 is 0. The second-order valence-electron chi connectivity index (χ2n) is 4.85. The summed E-state index contributed by atoms with van der Waals surface area (Å²) in [6, 6.07) is 6.70. The molecule has 0 aliphatic carbocycles. The molecule has 2 rings (SSSR count). The van der Waals surface area contributed by atoms with Crippen molar-refractivity contribution in [3.05, 3.63) is 47.5 Å². The first-order valence-electron chi connectivity index (χ1n) is 6.82. The van der Waals surface area contributed by atoms with Gasteiger partial charge in [0.05, 0.1) is 5.69 Å². The van der Waals surface area contributed by atoms with Crippen molar-refractivity contribution in [1.29, 1.82) is 0 Å². The molecule has 0 saturated heterocycles. The lowest BCUT2D eigenvalue weighted by atomic mass is 10.0. The Morgan fingerprint density at radius 2 is 2.21 bits per heavy atom. The molecule has 1 N–H and O–H groups in total. The van der Waals surface area contributed by atoms with Gasteiger partial charge in [0.2, 0.25) is 0 Å². The lowest BCUT2D eigenvalue weighted by Crippen LogP contribution is -2.30. The summed E-state index contributed by atoms with van der Waals surface area (Å²) in [7, 11) is 2.01. The Hall–Kier alpha value is -1.68. The third-order valence-corrected chi connectivity index (χ3v) is 3.35. The van der Waals surface area contributed by atoms with Crippen LogP contribution in [0.3, 0.4) is 0 Å². The van der Waals surface area contributed by atoms with Gasteiger partial charge in [-0.25, -0.2) is 0 Å². The fraction of sp³-hybridized carbons (Fsp3) is 0.467. The number of pyridine rings is 1. The topological polar surface area (TPSA) is 42.7 Å². The smallest absolute Gasteiger partial charge is 0.0596 e. The summed E-state index contributed by atoms with van der Waals surface area (Å²) in [4.78, 5) is 4.17. The predicted molar refractivity (Wildman–Crippen MR) is 77.1 cm³/mol. The van der Waals surface area contributed by atoms with Gasteiger partial charge in [0.1, 0.15) is 0 Å². The molecule has 2 aromatic heterocycles.